The van der Waals surface area contributed by atoms with Crippen LogP contribution in [0.3, 0.4) is 0 Å². The molecule has 0 saturated heterocycles. The highest BCUT2D eigenvalue weighted by molar-refractivity contribution is 5.75. The van der Waals surface area contributed by atoms with Crippen molar-refractivity contribution in [1.82, 2.24) is 10.2 Å². The number of carbonyl (C=O) groups excluding carboxylic acids is 1. The molecule has 0 aliphatic carbocycles. The van der Waals surface area contributed by atoms with E-state index in [1.807, 2.05) is 0 Å². The van der Waals surface area contributed by atoms with Crippen LogP contribution in [-0.4, -0.2) is 38.0 Å². The second kappa shape index (κ2) is 8.72. The van der Waals surface area contributed by atoms with Crippen molar-refractivity contribution in [3.8, 4) is 0 Å². The van der Waals surface area contributed by atoms with Gasteiger partial charge in [-0.25, -0.2) is 0 Å². The molecule has 0 radical (unpaired) electrons. The maximum atomic E-state index is 11.2. The Kier molecular flexibility index (Phi) is 8.38. The predicted molar refractivity (Wildman–Crippen MR) is 64.9 cm³/mol. The molecule has 0 aromatic carbocycles. The zero-order valence-electron chi connectivity index (χ0n) is 10.7. The third kappa shape index (κ3) is 9.73. The van der Waals surface area contributed by atoms with Crippen LogP contribution >= 0.6 is 0 Å². The minimum Gasteiger partial charge on any atom is -0.349 e. The van der Waals surface area contributed by atoms with Crippen LogP contribution in [-0.2, 0) is 4.79 Å². The van der Waals surface area contributed by atoms with Crippen LogP contribution in [0.15, 0.2) is 0 Å². The molecule has 0 spiro atoms. The molecule has 3 heteroatoms. The SMILES string of the molecule is CC(C)CCCNCCCC(=O)N(C)C. The fourth-order valence-electron chi connectivity index (χ4n) is 1.35. The standard InChI is InChI=1S/C12H26N2O/c1-11(2)7-5-9-13-10-6-8-12(15)14(3)4/h11,13H,5-10H2,1-4H3. The van der Waals surface area contributed by atoms with Crippen LogP contribution in [0.4, 0.5) is 0 Å². The van der Waals surface area contributed by atoms with E-state index in [0.717, 1.165) is 25.4 Å². The number of hydrogen-bond acceptors (Lipinski definition) is 2. The van der Waals surface area contributed by atoms with Gasteiger partial charge in [-0.05, 0) is 38.3 Å². The Morgan fingerprint density at radius 1 is 1.20 bits per heavy atom. The largest absolute Gasteiger partial charge is 0.349 e. The van der Waals surface area contributed by atoms with Gasteiger partial charge in [-0.3, -0.25) is 4.79 Å². The Bertz CT molecular complexity index is 167. The van der Waals surface area contributed by atoms with Crippen LogP contribution in [0.2, 0.25) is 0 Å². The third-order valence-electron chi connectivity index (χ3n) is 2.38. The smallest absolute Gasteiger partial charge is 0.222 e. The van der Waals surface area contributed by atoms with E-state index in [0.29, 0.717) is 6.42 Å². The van der Waals surface area contributed by atoms with Crippen molar-refractivity contribution in [2.75, 3.05) is 27.2 Å². The van der Waals surface area contributed by atoms with Crippen molar-refractivity contribution in [3.05, 3.63) is 0 Å². The quantitative estimate of drug-likeness (QED) is 0.626. The van der Waals surface area contributed by atoms with Gasteiger partial charge in [0.25, 0.3) is 0 Å². The molecule has 0 rings (SSSR count). The maximum absolute atomic E-state index is 11.2. The van der Waals surface area contributed by atoms with E-state index < -0.39 is 0 Å². The van der Waals surface area contributed by atoms with Crippen molar-refractivity contribution in [2.24, 2.45) is 5.92 Å². The summed E-state index contributed by atoms with van der Waals surface area (Å²) in [6, 6.07) is 0. The van der Waals surface area contributed by atoms with Gasteiger partial charge in [0, 0.05) is 20.5 Å². The molecule has 0 aromatic heterocycles. The van der Waals surface area contributed by atoms with Gasteiger partial charge < -0.3 is 10.2 Å². The highest BCUT2D eigenvalue weighted by atomic mass is 16.2. The molecular weight excluding hydrogens is 188 g/mol. The van der Waals surface area contributed by atoms with Gasteiger partial charge >= 0.3 is 0 Å². The molecule has 0 aromatic rings. The number of carbonyl (C=O) groups is 1. The zero-order chi connectivity index (χ0) is 11.7. The highest BCUT2D eigenvalue weighted by Crippen LogP contribution is 2.01. The average Bonchev–Trinajstić information content (AvgIpc) is 2.15. The van der Waals surface area contributed by atoms with Gasteiger partial charge in [-0.2, -0.15) is 0 Å². The second-order valence-corrected chi connectivity index (χ2v) is 4.68. The molecule has 0 bridgehead atoms. The van der Waals surface area contributed by atoms with Crippen LogP contribution in [0.1, 0.15) is 39.5 Å². The Morgan fingerprint density at radius 2 is 1.80 bits per heavy atom. The van der Waals surface area contributed by atoms with E-state index in [4.69, 9.17) is 0 Å². The fourth-order valence-corrected chi connectivity index (χ4v) is 1.35. The number of rotatable bonds is 8. The summed E-state index contributed by atoms with van der Waals surface area (Å²) in [4.78, 5) is 12.9. The molecule has 0 heterocycles. The average molecular weight is 214 g/mol. The molecule has 0 fully saturated rings. The molecule has 90 valence electrons. The van der Waals surface area contributed by atoms with Crippen LogP contribution in [0.5, 0.6) is 0 Å². The lowest BCUT2D eigenvalue weighted by Gasteiger charge is -2.10. The zero-order valence-corrected chi connectivity index (χ0v) is 10.7. The van der Waals surface area contributed by atoms with Gasteiger partial charge in [0.1, 0.15) is 0 Å². The van der Waals surface area contributed by atoms with E-state index >= 15 is 0 Å². The van der Waals surface area contributed by atoms with Crippen LogP contribution < -0.4 is 5.32 Å². The van der Waals surface area contributed by atoms with Crippen LogP contribution in [0.25, 0.3) is 0 Å². The first-order valence-corrected chi connectivity index (χ1v) is 5.95. The molecule has 1 N–H and O–H groups in total. The highest BCUT2D eigenvalue weighted by Gasteiger charge is 2.02. The van der Waals surface area contributed by atoms with Crippen molar-refractivity contribution in [3.63, 3.8) is 0 Å². The Morgan fingerprint density at radius 3 is 2.33 bits per heavy atom. The Labute approximate surface area is 94.2 Å². The van der Waals surface area contributed by atoms with E-state index in [9.17, 15) is 4.79 Å². The topological polar surface area (TPSA) is 32.3 Å². The first-order valence-electron chi connectivity index (χ1n) is 5.95. The summed E-state index contributed by atoms with van der Waals surface area (Å²) in [6.45, 7) is 6.53. The fraction of sp³-hybridized carbons (Fsp3) is 0.917. The summed E-state index contributed by atoms with van der Waals surface area (Å²) in [7, 11) is 3.61. The van der Waals surface area contributed by atoms with Crippen molar-refractivity contribution < 1.29 is 4.79 Å². The molecule has 0 atom stereocenters. The Balaban J connectivity index is 3.15. The molecule has 0 saturated carbocycles. The summed E-state index contributed by atoms with van der Waals surface area (Å²) in [6.07, 6.45) is 4.12. The molecule has 0 unspecified atom stereocenters. The van der Waals surface area contributed by atoms with Gasteiger partial charge in [0.05, 0.1) is 0 Å². The van der Waals surface area contributed by atoms with Gasteiger partial charge in [-0.1, -0.05) is 13.8 Å². The summed E-state index contributed by atoms with van der Waals surface area (Å²) in [5.74, 6) is 1.01. The molecular formula is C12H26N2O. The van der Waals surface area contributed by atoms with Gasteiger partial charge in [0.15, 0.2) is 0 Å². The molecule has 1 amide bonds. The number of amides is 1. The number of hydrogen-bond donors (Lipinski definition) is 1. The van der Waals surface area contributed by atoms with Crippen molar-refractivity contribution in [2.45, 2.75) is 39.5 Å². The lowest BCUT2D eigenvalue weighted by Crippen LogP contribution is -2.23. The molecule has 0 aliphatic rings. The molecule has 3 nitrogen and oxygen atoms in total. The molecule has 15 heavy (non-hydrogen) atoms. The van der Waals surface area contributed by atoms with E-state index in [1.165, 1.54) is 12.8 Å². The van der Waals surface area contributed by atoms with Gasteiger partial charge in [-0.15, -0.1) is 0 Å². The third-order valence-corrected chi connectivity index (χ3v) is 2.38. The lowest BCUT2D eigenvalue weighted by atomic mass is 10.1. The van der Waals surface area contributed by atoms with Crippen molar-refractivity contribution in [1.29, 1.82) is 0 Å². The summed E-state index contributed by atoms with van der Waals surface area (Å²) < 4.78 is 0. The number of nitrogens with zero attached hydrogens (tertiary/aromatic N) is 1. The summed E-state index contributed by atoms with van der Waals surface area (Å²) in [5.41, 5.74) is 0. The Hall–Kier alpha value is -0.570. The minimum absolute atomic E-state index is 0.221. The molecule has 0 aliphatic heterocycles. The van der Waals surface area contributed by atoms with E-state index in [1.54, 1.807) is 19.0 Å². The first-order chi connectivity index (χ1) is 7.04. The second-order valence-electron chi connectivity index (χ2n) is 4.68. The minimum atomic E-state index is 0.221. The lowest BCUT2D eigenvalue weighted by molar-refractivity contribution is -0.128. The number of nitrogens with one attached hydrogen (secondary N) is 1. The van der Waals surface area contributed by atoms with Crippen molar-refractivity contribution >= 4 is 5.91 Å². The van der Waals surface area contributed by atoms with Gasteiger partial charge in [0.2, 0.25) is 5.91 Å². The maximum Gasteiger partial charge on any atom is 0.222 e. The normalized spacial score (nSPS) is 10.7. The first kappa shape index (κ1) is 14.4. The summed E-state index contributed by atoms with van der Waals surface area (Å²) in [5, 5.41) is 3.36. The van der Waals surface area contributed by atoms with Crippen LogP contribution in [0, 0.1) is 5.92 Å². The monoisotopic (exact) mass is 214 g/mol. The summed E-state index contributed by atoms with van der Waals surface area (Å²) >= 11 is 0. The predicted octanol–water partition coefficient (Wildman–Crippen LogP) is 1.88. The van der Waals surface area contributed by atoms with E-state index in [-0.39, 0.29) is 5.91 Å². The van der Waals surface area contributed by atoms with E-state index in [2.05, 4.69) is 19.2 Å².